The second-order valence-electron chi connectivity index (χ2n) is 10.5. The van der Waals surface area contributed by atoms with Crippen molar-refractivity contribution < 1.29 is 37.5 Å². The number of rotatable bonds is 8. The summed E-state index contributed by atoms with van der Waals surface area (Å²) in [6.07, 6.45) is 6.01. The molecule has 0 radical (unpaired) electrons. The van der Waals surface area contributed by atoms with Crippen LogP contribution in [0.4, 0.5) is 18.0 Å². The Labute approximate surface area is 241 Å². The average molecular weight is 588 g/mol. The lowest BCUT2D eigenvalue weighted by molar-refractivity contribution is -0.190. The molecule has 3 aliphatic rings. The fourth-order valence-corrected chi connectivity index (χ4v) is 5.48. The highest BCUT2D eigenvalue weighted by atomic mass is 19.4. The van der Waals surface area contributed by atoms with E-state index in [-0.39, 0.29) is 44.7 Å². The summed E-state index contributed by atoms with van der Waals surface area (Å²) < 4.78 is 40.0. The van der Waals surface area contributed by atoms with Crippen LogP contribution in [0.5, 0.6) is 0 Å². The van der Waals surface area contributed by atoms with Gasteiger partial charge in [-0.05, 0) is 42.0 Å². The van der Waals surface area contributed by atoms with Gasteiger partial charge in [-0.1, -0.05) is 43.2 Å². The number of fused-ring (bicyclic) bond motifs is 1. The van der Waals surface area contributed by atoms with E-state index in [1.54, 1.807) is 0 Å². The van der Waals surface area contributed by atoms with E-state index in [9.17, 15) is 37.5 Å². The highest BCUT2D eigenvalue weighted by Crippen LogP contribution is 2.32. The van der Waals surface area contributed by atoms with Crippen LogP contribution in [0.1, 0.15) is 37.3 Å². The highest BCUT2D eigenvalue weighted by molar-refractivity contribution is 5.91. The normalized spacial score (nSPS) is 22.9. The first-order chi connectivity index (χ1) is 19.9. The molecule has 4 amide bonds. The topological polar surface area (TPSA) is 114 Å². The smallest absolute Gasteiger partial charge is 0.416 e. The fourth-order valence-electron chi connectivity index (χ4n) is 5.48. The van der Waals surface area contributed by atoms with E-state index >= 15 is 0 Å². The molecule has 2 aliphatic heterocycles. The van der Waals surface area contributed by atoms with E-state index in [1.165, 1.54) is 32.0 Å². The molecule has 2 heterocycles. The summed E-state index contributed by atoms with van der Waals surface area (Å²) in [6, 6.07) is 2.68. The number of carbonyl (C=O) groups excluding carboxylic acids is 3. The zero-order chi connectivity index (χ0) is 30.6. The monoisotopic (exact) mass is 587 g/mol. The number of hydrogen-bond donors (Lipinski definition) is 2. The molecule has 10 nitrogen and oxygen atoms in total. The average Bonchev–Trinajstić information content (AvgIpc) is 2.92. The van der Waals surface area contributed by atoms with E-state index in [1.807, 2.05) is 25.2 Å². The molecule has 1 aromatic rings. The van der Waals surface area contributed by atoms with Crippen LogP contribution in [0.3, 0.4) is 0 Å². The lowest BCUT2D eigenvalue weighted by Gasteiger charge is -2.54. The van der Waals surface area contributed by atoms with Crippen LogP contribution in [0.15, 0.2) is 48.1 Å². The summed E-state index contributed by atoms with van der Waals surface area (Å²) in [7, 11) is 0. The zero-order valence-electron chi connectivity index (χ0n) is 23.0. The Morgan fingerprint density at radius 1 is 1.24 bits per heavy atom. The Balaban J connectivity index is 1.66. The SMILES string of the molecule is C#CCN1CC(=O)N2C(CCC(=O)O)C(=O)N(Cc3cccc(C(F)(F)F)c3)C[C@@H]2N1C(=O)NCC1=CC(C)CC=C1. The van der Waals surface area contributed by atoms with Crippen LogP contribution < -0.4 is 5.32 Å². The number of benzene rings is 1. The van der Waals surface area contributed by atoms with Gasteiger partial charge in [-0.15, -0.1) is 6.42 Å². The number of alkyl halides is 3. The van der Waals surface area contributed by atoms with Gasteiger partial charge in [0.15, 0.2) is 0 Å². The largest absolute Gasteiger partial charge is 0.481 e. The number of carboxylic acid groups (broad SMARTS) is 1. The molecule has 42 heavy (non-hydrogen) atoms. The maximum absolute atomic E-state index is 13.6. The van der Waals surface area contributed by atoms with Gasteiger partial charge in [0, 0.05) is 19.5 Å². The van der Waals surface area contributed by atoms with Crippen molar-refractivity contribution in [3.05, 3.63) is 59.2 Å². The fraction of sp³-hybridized carbons (Fsp3) is 0.448. The number of nitrogens with one attached hydrogen (secondary N) is 1. The van der Waals surface area contributed by atoms with Crippen molar-refractivity contribution in [2.45, 2.75) is 51.1 Å². The Hall–Kier alpha value is -4.31. The number of amides is 4. The van der Waals surface area contributed by atoms with Crippen LogP contribution in [0.2, 0.25) is 0 Å². The van der Waals surface area contributed by atoms with Crippen molar-refractivity contribution >= 4 is 23.8 Å². The molecule has 0 bridgehead atoms. The van der Waals surface area contributed by atoms with Crippen LogP contribution >= 0.6 is 0 Å². The number of carbonyl (C=O) groups is 4. The van der Waals surface area contributed by atoms with Gasteiger partial charge in [-0.3, -0.25) is 14.4 Å². The van der Waals surface area contributed by atoms with Gasteiger partial charge in [-0.2, -0.15) is 18.2 Å². The minimum absolute atomic E-state index is 0.107. The maximum atomic E-state index is 13.6. The molecule has 2 N–H and O–H groups in total. The third-order valence-electron chi connectivity index (χ3n) is 7.35. The van der Waals surface area contributed by atoms with Crippen molar-refractivity contribution in [1.82, 2.24) is 25.1 Å². The number of halogens is 3. The van der Waals surface area contributed by atoms with Crippen LogP contribution in [0, 0.1) is 18.3 Å². The molecule has 1 aromatic carbocycles. The van der Waals surface area contributed by atoms with Crippen molar-refractivity contribution in [1.29, 1.82) is 0 Å². The van der Waals surface area contributed by atoms with Gasteiger partial charge in [0.05, 0.1) is 25.2 Å². The summed E-state index contributed by atoms with van der Waals surface area (Å²) in [5.74, 6) is 0.401. The second kappa shape index (κ2) is 12.7. The Bertz CT molecular complexity index is 1340. The summed E-state index contributed by atoms with van der Waals surface area (Å²) in [6.45, 7) is 1.34. The number of urea groups is 1. The number of allylic oxidation sites excluding steroid dienone is 2. The molecule has 2 saturated heterocycles. The molecule has 1 aliphatic carbocycles. The molecule has 2 fully saturated rings. The first-order valence-electron chi connectivity index (χ1n) is 13.5. The number of hydrogen-bond acceptors (Lipinski definition) is 5. The van der Waals surface area contributed by atoms with Crippen molar-refractivity contribution in [2.24, 2.45) is 5.92 Å². The number of piperazine rings is 1. The standard InChI is InChI=1S/C29H32F3N5O5/c1-3-12-35-18-25(38)36-23(10-11-26(39)40)27(41)34(16-21-8-5-9-22(14-21)29(30,31)32)17-24(36)37(35)28(42)33-15-20-7-4-6-19(2)13-20/h1,4-5,7-9,13-14,19,23-24H,6,10-12,15-18H2,2H3,(H,33,42)(H,39,40)/t19?,23?,24-/m0/s1. The molecule has 0 aromatic heterocycles. The molecule has 0 saturated carbocycles. The summed E-state index contributed by atoms with van der Waals surface area (Å²) in [5, 5.41) is 14.8. The molecule has 13 heteroatoms. The zero-order valence-corrected chi connectivity index (χ0v) is 23.0. The minimum atomic E-state index is -4.59. The molecule has 0 spiro atoms. The number of nitrogens with zero attached hydrogens (tertiary/aromatic N) is 4. The quantitative estimate of drug-likeness (QED) is 0.453. The second-order valence-corrected chi connectivity index (χ2v) is 10.5. The van der Waals surface area contributed by atoms with Crippen LogP contribution in [0.25, 0.3) is 0 Å². The van der Waals surface area contributed by atoms with Gasteiger partial charge < -0.3 is 20.2 Å². The lowest BCUT2D eigenvalue weighted by Crippen LogP contribution is -2.76. The molecule has 224 valence electrons. The molecule has 4 rings (SSSR count). The van der Waals surface area contributed by atoms with E-state index < -0.39 is 54.2 Å². The maximum Gasteiger partial charge on any atom is 0.416 e. The van der Waals surface area contributed by atoms with Gasteiger partial charge in [0.2, 0.25) is 11.8 Å². The summed E-state index contributed by atoms with van der Waals surface area (Å²) in [5.41, 5.74) is 0.190. The van der Waals surface area contributed by atoms with Gasteiger partial charge in [0.1, 0.15) is 12.2 Å². The third-order valence-corrected chi connectivity index (χ3v) is 7.35. The van der Waals surface area contributed by atoms with Gasteiger partial charge in [-0.25, -0.2) is 9.80 Å². The van der Waals surface area contributed by atoms with Crippen LogP contribution in [-0.4, -0.2) is 87.1 Å². The Morgan fingerprint density at radius 3 is 2.67 bits per heavy atom. The Morgan fingerprint density at radius 2 is 2.00 bits per heavy atom. The summed E-state index contributed by atoms with van der Waals surface area (Å²) >= 11 is 0. The van der Waals surface area contributed by atoms with Crippen molar-refractivity contribution in [3.63, 3.8) is 0 Å². The number of carboxylic acids is 1. The lowest BCUT2D eigenvalue weighted by atomic mass is 9.98. The Kier molecular flexibility index (Phi) is 9.26. The first-order valence-corrected chi connectivity index (χ1v) is 13.5. The van der Waals surface area contributed by atoms with E-state index in [4.69, 9.17) is 6.42 Å². The minimum Gasteiger partial charge on any atom is -0.481 e. The molecule has 3 atom stereocenters. The number of hydrazine groups is 1. The van der Waals surface area contributed by atoms with Crippen LogP contribution in [-0.2, 0) is 27.1 Å². The summed E-state index contributed by atoms with van der Waals surface area (Å²) in [4.78, 5) is 54.5. The van der Waals surface area contributed by atoms with E-state index in [0.717, 1.165) is 24.1 Å². The molecular formula is C29H32F3N5O5. The van der Waals surface area contributed by atoms with E-state index in [2.05, 4.69) is 11.2 Å². The molecule has 2 unspecified atom stereocenters. The third kappa shape index (κ3) is 6.94. The van der Waals surface area contributed by atoms with Gasteiger partial charge in [0.25, 0.3) is 0 Å². The van der Waals surface area contributed by atoms with Crippen molar-refractivity contribution in [3.8, 4) is 12.3 Å². The first kappa shape index (κ1) is 30.6. The van der Waals surface area contributed by atoms with E-state index in [0.29, 0.717) is 5.92 Å². The molecular weight excluding hydrogens is 555 g/mol. The predicted molar refractivity (Wildman–Crippen MR) is 145 cm³/mol. The van der Waals surface area contributed by atoms with Gasteiger partial charge >= 0.3 is 18.2 Å². The van der Waals surface area contributed by atoms with Crippen molar-refractivity contribution in [2.75, 3.05) is 26.2 Å². The predicted octanol–water partition coefficient (Wildman–Crippen LogP) is 2.83. The number of aliphatic carboxylic acids is 1. The number of terminal acetylenes is 1. The highest BCUT2D eigenvalue weighted by Gasteiger charge is 2.51.